The van der Waals surface area contributed by atoms with E-state index >= 15 is 0 Å². The molecule has 80 valence electrons. The Hall–Kier alpha value is -0.580. The number of thiophene rings is 1. The lowest BCUT2D eigenvalue weighted by Gasteiger charge is -2.14. The van der Waals surface area contributed by atoms with Crippen molar-refractivity contribution in [1.29, 1.82) is 0 Å². The molecule has 0 saturated heterocycles. The zero-order valence-electron chi connectivity index (χ0n) is 8.29. The van der Waals surface area contributed by atoms with E-state index in [1.54, 1.807) is 11.3 Å². The highest BCUT2D eigenvalue weighted by Gasteiger charge is 2.24. The largest absolute Gasteiger partial charge is 0.371 e. The molecule has 5 heteroatoms. The lowest BCUT2D eigenvalue weighted by molar-refractivity contribution is 0.324. The third-order valence-corrected chi connectivity index (χ3v) is 4.17. The molecule has 0 bridgehead atoms. The van der Waals surface area contributed by atoms with E-state index in [-0.39, 0.29) is 0 Å². The van der Waals surface area contributed by atoms with Crippen LogP contribution in [0.15, 0.2) is 10.4 Å². The lowest BCUT2D eigenvalue weighted by atomic mass is 10.2. The number of nitrogens with one attached hydrogen (secondary N) is 1. The summed E-state index contributed by atoms with van der Waals surface area (Å²) in [6.45, 7) is 4.82. The fourth-order valence-electron chi connectivity index (χ4n) is 2.08. The van der Waals surface area contributed by atoms with E-state index in [0.29, 0.717) is 0 Å². The predicted molar refractivity (Wildman–Crippen MR) is 63.7 cm³/mol. The molecular weight excluding hydrogens is 230 g/mol. The van der Waals surface area contributed by atoms with Crippen molar-refractivity contribution in [2.24, 2.45) is 4.99 Å². The minimum absolute atomic E-state index is 0.922. The van der Waals surface area contributed by atoms with Gasteiger partial charge in [0.2, 0.25) is 0 Å². The van der Waals surface area contributed by atoms with Crippen LogP contribution < -0.4 is 5.32 Å². The van der Waals surface area contributed by atoms with Crippen molar-refractivity contribution in [3.05, 3.63) is 20.8 Å². The molecule has 0 radical (unpaired) electrons. The number of hydrogen-bond acceptors (Lipinski definition) is 4. The number of rotatable bonds is 2. The fourth-order valence-corrected chi connectivity index (χ4v) is 3.20. The molecule has 1 aromatic heterocycles. The number of aliphatic imine (C=N–C) groups is 1. The highest BCUT2D eigenvalue weighted by molar-refractivity contribution is 7.14. The lowest BCUT2D eigenvalue weighted by Crippen LogP contribution is -2.31. The molecule has 3 rings (SSSR count). The summed E-state index contributed by atoms with van der Waals surface area (Å²) in [5, 5.41) is 5.46. The van der Waals surface area contributed by atoms with Gasteiger partial charge in [-0.15, -0.1) is 11.3 Å². The Labute approximate surface area is 97.8 Å². The van der Waals surface area contributed by atoms with Crippen molar-refractivity contribution in [3.8, 4) is 0 Å². The summed E-state index contributed by atoms with van der Waals surface area (Å²) in [6.07, 6.45) is 0. The van der Waals surface area contributed by atoms with Crippen LogP contribution in [-0.2, 0) is 13.1 Å². The van der Waals surface area contributed by atoms with E-state index < -0.39 is 0 Å². The van der Waals surface area contributed by atoms with Gasteiger partial charge in [-0.05, 0) is 10.9 Å². The second-order valence-corrected chi connectivity index (χ2v) is 5.40. The molecule has 1 aromatic rings. The Morgan fingerprint density at radius 1 is 1.53 bits per heavy atom. The molecule has 0 unspecified atom stereocenters. The summed E-state index contributed by atoms with van der Waals surface area (Å²) < 4.78 is 0.953. The fraction of sp³-hybridized carbons (Fsp3) is 0.500. The summed E-state index contributed by atoms with van der Waals surface area (Å²) in [5.41, 5.74) is 2.71. The van der Waals surface area contributed by atoms with Gasteiger partial charge in [0, 0.05) is 25.2 Å². The monoisotopic (exact) mass is 241 g/mol. The minimum atomic E-state index is 0.922. The number of fused-ring (bicyclic) bond motifs is 1. The summed E-state index contributed by atoms with van der Waals surface area (Å²) >= 11 is 7.76. The van der Waals surface area contributed by atoms with Crippen LogP contribution in [0.4, 0.5) is 0 Å². The Balaban J connectivity index is 1.68. The standard InChI is InChI=1S/C10H12ClN3S/c11-10-8-4-14(3-7(8)6-15-10)5-9-12-1-2-13-9/h6H,1-5H2,(H,12,13). The van der Waals surface area contributed by atoms with Crippen LogP contribution in [0.3, 0.4) is 0 Å². The van der Waals surface area contributed by atoms with Crippen molar-refractivity contribution in [2.45, 2.75) is 13.1 Å². The molecule has 0 atom stereocenters. The molecule has 0 fully saturated rings. The number of nitrogens with zero attached hydrogens (tertiary/aromatic N) is 2. The van der Waals surface area contributed by atoms with Crippen LogP contribution in [0.2, 0.25) is 4.34 Å². The normalized spacial score (nSPS) is 20.2. The van der Waals surface area contributed by atoms with Crippen molar-refractivity contribution < 1.29 is 0 Å². The van der Waals surface area contributed by atoms with Gasteiger partial charge >= 0.3 is 0 Å². The van der Waals surface area contributed by atoms with Crippen LogP contribution in [0.1, 0.15) is 11.1 Å². The molecule has 2 aliphatic rings. The summed E-state index contributed by atoms with van der Waals surface area (Å²) in [6, 6.07) is 0. The zero-order chi connectivity index (χ0) is 10.3. The molecule has 0 aliphatic carbocycles. The summed E-state index contributed by atoms with van der Waals surface area (Å²) in [4.78, 5) is 6.78. The van der Waals surface area contributed by atoms with Crippen LogP contribution in [0, 0.1) is 0 Å². The van der Waals surface area contributed by atoms with Crippen LogP contribution in [0.25, 0.3) is 0 Å². The highest BCUT2D eigenvalue weighted by atomic mass is 35.5. The van der Waals surface area contributed by atoms with Gasteiger partial charge in [-0.25, -0.2) is 0 Å². The Kier molecular flexibility index (Phi) is 2.42. The first-order valence-electron chi connectivity index (χ1n) is 5.07. The van der Waals surface area contributed by atoms with Crippen LogP contribution in [-0.4, -0.2) is 30.4 Å². The van der Waals surface area contributed by atoms with Crippen molar-refractivity contribution in [2.75, 3.05) is 19.6 Å². The average molecular weight is 242 g/mol. The maximum Gasteiger partial charge on any atom is 0.111 e. The Morgan fingerprint density at radius 2 is 2.47 bits per heavy atom. The maximum atomic E-state index is 6.11. The molecule has 3 nitrogen and oxygen atoms in total. The smallest absolute Gasteiger partial charge is 0.111 e. The third kappa shape index (κ3) is 1.77. The first-order valence-corrected chi connectivity index (χ1v) is 6.33. The van der Waals surface area contributed by atoms with E-state index in [1.807, 2.05) is 0 Å². The van der Waals surface area contributed by atoms with Gasteiger partial charge in [0.1, 0.15) is 5.84 Å². The maximum absolute atomic E-state index is 6.11. The minimum Gasteiger partial charge on any atom is -0.371 e. The van der Waals surface area contributed by atoms with Crippen LogP contribution >= 0.6 is 22.9 Å². The second-order valence-electron chi connectivity index (χ2n) is 3.91. The predicted octanol–water partition coefficient (Wildman–Crippen LogP) is 1.72. The van der Waals surface area contributed by atoms with E-state index in [4.69, 9.17) is 11.6 Å². The average Bonchev–Trinajstić information content (AvgIpc) is 2.88. The Morgan fingerprint density at radius 3 is 3.20 bits per heavy atom. The molecule has 0 saturated carbocycles. The van der Waals surface area contributed by atoms with Gasteiger partial charge < -0.3 is 5.32 Å². The van der Waals surface area contributed by atoms with E-state index in [0.717, 1.165) is 42.9 Å². The van der Waals surface area contributed by atoms with Gasteiger partial charge in [0.15, 0.2) is 0 Å². The van der Waals surface area contributed by atoms with Gasteiger partial charge in [-0.2, -0.15) is 0 Å². The zero-order valence-corrected chi connectivity index (χ0v) is 9.87. The Bertz CT molecular complexity index is 413. The van der Waals surface area contributed by atoms with Crippen LogP contribution in [0.5, 0.6) is 0 Å². The SMILES string of the molecule is Clc1scc2c1CN(CC1=NCCN1)C2. The first-order chi connectivity index (χ1) is 7.33. The van der Waals surface area contributed by atoms with Gasteiger partial charge in [-0.1, -0.05) is 11.6 Å². The number of amidine groups is 1. The summed E-state index contributed by atoms with van der Waals surface area (Å²) in [5.74, 6) is 1.12. The molecule has 0 aromatic carbocycles. The summed E-state index contributed by atoms with van der Waals surface area (Å²) in [7, 11) is 0. The van der Waals surface area contributed by atoms with E-state index in [1.165, 1.54) is 11.1 Å². The molecule has 3 heterocycles. The van der Waals surface area contributed by atoms with Crippen molar-refractivity contribution >= 4 is 28.8 Å². The van der Waals surface area contributed by atoms with E-state index in [9.17, 15) is 0 Å². The first kappa shape index (κ1) is 9.63. The highest BCUT2D eigenvalue weighted by Crippen LogP contribution is 2.34. The molecule has 1 N–H and O–H groups in total. The quantitative estimate of drug-likeness (QED) is 0.854. The number of hydrogen-bond donors (Lipinski definition) is 1. The van der Waals surface area contributed by atoms with Crippen molar-refractivity contribution in [1.82, 2.24) is 10.2 Å². The molecular formula is C10H12ClN3S. The number of halogens is 1. The van der Waals surface area contributed by atoms with E-state index in [2.05, 4.69) is 20.6 Å². The van der Waals surface area contributed by atoms with Gasteiger partial charge in [0.25, 0.3) is 0 Å². The van der Waals surface area contributed by atoms with Gasteiger partial charge in [0.05, 0.1) is 17.4 Å². The third-order valence-electron chi connectivity index (χ3n) is 2.82. The molecule has 15 heavy (non-hydrogen) atoms. The second kappa shape index (κ2) is 3.77. The molecule has 2 aliphatic heterocycles. The van der Waals surface area contributed by atoms with Crippen molar-refractivity contribution in [3.63, 3.8) is 0 Å². The van der Waals surface area contributed by atoms with Gasteiger partial charge in [-0.3, -0.25) is 9.89 Å². The topological polar surface area (TPSA) is 27.6 Å². The molecule has 0 spiro atoms. The molecule has 0 amide bonds.